The number of nitrogens with one attached hydrogen (secondary N) is 1. The van der Waals surface area contributed by atoms with Gasteiger partial charge in [0.2, 0.25) is 0 Å². The van der Waals surface area contributed by atoms with Crippen molar-refractivity contribution in [3.63, 3.8) is 0 Å². The summed E-state index contributed by atoms with van der Waals surface area (Å²) in [7, 11) is -4.85. The van der Waals surface area contributed by atoms with E-state index in [1.54, 1.807) is 0 Å². The molecule has 0 rings (SSSR count). The van der Waals surface area contributed by atoms with Gasteiger partial charge in [0.25, 0.3) is 0 Å². The van der Waals surface area contributed by atoms with Crippen molar-refractivity contribution in [1.82, 2.24) is 5.32 Å². The molecule has 0 bridgehead atoms. The fourth-order valence-electron chi connectivity index (χ4n) is 1.73. The van der Waals surface area contributed by atoms with Gasteiger partial charge < -0.3 is 41.3 Å². The van der Waals surface area contributed by atoms with Crippen LogP contribution in [0.1, 0.15) is 19.3 Å². The first kappa shape index (κ1) is 24.1. The smallest absolute Gasteiger partial charge is 0.469 e. The first-order chi connectivity index (χ1) is 11.5. The van der Waals surface area contributed by atoms with Crippen molar-refractivity contribution in [3.8, 4) is 0 Å². The number of carboxylic acids is 1. The molecule has 0 heterocycles. The third-order valence-electron chi connectivity index (χ3n) is 3.20. The van der Waals surface area contributed by atoms with Crippen molar-refractivity contribution >= 4 is 19.6 Å². The number of phosphoric acid groups is 1. The number of hydrogen-bond donors (Lipinski definition) is 8. The van der Waals surface area contributed by atoms with Gasteiger partial charge >= 0.3 is 13.8 Å². The average molecular weight is 388 g/mol. The van der Waals surface area contributed by atoms with Crippen LogP contribution in [0.15, 0.2) is 0 Å². The summed E-state index contributed by atoms with van der Waals surface area (Å²) in [5.74, 6) is -1.94. The Labute approximate surface area is 143 Å². The Kier molecular flexibility index (Phi) is 11.2. The Morgan fingerprint density at radius 2 is 1.76 bits per heavy atom. The number of hydrogen-bond acceptors (Lipinski definition) is 9. The average Bonchev–Trinajstić information content (AvgIpc) is 2.52. The molecule has 0 spiro atoms. The van der Waals surface area contributed by atoms with Gasteiger partial charge in [-0.2, -0.15) is 0 Å². The summed E-state index contributed by atoms with van der Waals surface area (Å²) < 4.78 is 14.4. The highest BCUT2D eigenvalue weighted by Gasteiger charge is 2.31. The Morgan fingerprint density at radius 3 is 2.28 bits per heavy atom. The largest absolute Gasteiger partial charge is 0.480 e. The molecule has 13 heteroatoms. The monoisotopic (exact) mass is 388 g/mol. The van der Waals surface area contributed by atoms with Crippen LogP contribution < -0.4 is 11.1 Å². The van der Waals surface area contributed by atoms with Crippen molar-refractivity contribution in [2.24, 2.45) is 5.73 Å². The van der Waals surface area contributed by atoms with Crippen LogP contribution in [0.2, 0.25) is 0 Å². The standard InChI is InChI=1S/C12H25N2O10P/c13-7(12(19)20)3-1-2-4-14-5-8(15)10(17)11(18)9(16)6-24-25(21,22)23/h7,9-11,14,16-18H,1-6,13H2,(H,19,20)(H2,21,22,23). The Balaban J connectivity index is 4.01. The molecule has 0 aromatic heterocycles. The molecular weight excluding hydrogens is 363 g/mol. The molecule has 0 fully saturated rings. The third kappa shape index (κ3) is 11.3. The van der Waals surface area contributed by atoms with Crippen molar-refractivity contribution in [2.45, 2.75) is 43.6 Å². The van der Waals surface area contributed by atoms with Gasteiger partial charge in [0.1, 0.15) is 24.4 Å². The highest BCUT2D eigenvalue weighted by atomic mass is 31.2. The van der Waals surface area contributed by atoms with Gasteiger partial charge in [-0.3, -0.25) is 14.1 Å². The Morgan fingerprint density at radius 1 is 1.16 bits per heavy atom. The lowest BCUT2D eigenvalue weighted by Crippen LogP contribution is -2.46. The van der Waals surface area contributed by atoms with Crippen LogP contribution in [0.25, 0.3) is 0 Å². The molecule has 0 aromatic rings. The zero-order valence-corrected chi connectivity index (χ0v) is 14.3. The van der Waals surface area contributed by atoms with Crippen LogP contribution in [0.3, 0.4) is 0 Å². The van der Waals surface area contributed by atoms with Crippen LogP contribution in [-0.4, -0.2) is 86.0 Å². The minimum Gasteiger partial charge on any atom is -0.480 e. The first-order valence-corrected chi connectivity index (χ1v) is 8.95. The molecular formula is C12H25N2O10P. The fraction of sp³-hybridized carbons (Fsp3) is 0.833. The SMILES string of the molecule is NC(CCCCNCC(=O)C(O)C(O)C(O)COP(=O)(O)O)C(=O)O. The van der Waals surface area contributed by atoms with Crippen LogP contribution in [-0.2, 0) is 18.7 Å². The van der Waals surface area contributed by atoms with E-state index < -0.39 is 50.5 Å². The predicted molar refractivity (Wildman–Crippen MR) is 83.4 cm³/mol. The highest BCUT2D eigenvalue weighted by Crippen LogP contribution is 2.35. The number of rotatable bonds is 14. The number of aliphatic carboxylic acids is 1. The van der Waals surface area contributed by atoms with Gasteiger partial charge in [0.15, 0.2) is 5.78 Å². The summed E-state index contributed by atoms with van der Waals surface area (Å²) in [5, 5.41) is 39.8. The number of carbonyl (C=O) groups is 2. The van der Waals surface area contributed by atoms with Gasteiger partial charge in [0, 0.05) is 0 Å². The van der Waals surface area contributed by atoms with E-state index >= 15 is 0 Å². The number of Topliss-reactive ketones (excluding diaryl/α,β-unsaturated/α-hetero) is 1. The van der Waals surface area contributed by atoms with E-state index in [0.29, 0.717) is 19.4 Å². The maximum absolute atomic E-state index is 11.6. The summed E-state index contributed by atoms with van der Waals surface area (Å²) in [6.45, 7) is -0.951. The lowest BCUT2D eigenvalue weighted by molar-refractivity contribution is -0.139. The molecule has 0 aliphatic carbocycles. The maximum Gasteiger partial charge on any atom is 0.469 e. The van der Waals surface area contributed by atoms with Gasteiger partial charge in [-0.25, -0.2) is 4.57 Å². The summed E-state index contributed by atoms with van der Waals surface area (Å²) >= 11 is 0. The van der Waals surface area contributed by atoms with Gasteiger partial charge in [-0.05, 0) is 19.4 Å². The predicted octanol–water partition coefficient (Wildman–Crippen LogP) is -3.08. The number of aliphatic hydroxyl groups is 3. The van der Waals surface area contributed by atoms with E-state index in [0.717, 1.165) is 0 Å². The van der Waals surface area contributed by atoms with E-state index in [2.05, 4.69) is 9.84 Å². The number of aliphatic hydroxyl groups excluding tert-OH is 3. The second-order valence-corrected chi connectivity index (χ2v) is 6.61. The number of nitrogens with two attached hydrogens (primary N) is 1. The van der Waals surface area contributed by atoms with Crippen molar-refractivity contribution in [1.29, 1.82) is 0 Å². The molecule has 4 unspecified atom stereocenters. The quantitative estimate of drug-likeness (QED) is 0.110. The second-order valence-electron chi connectivity index (χ2n) is 5.37. The highest BCUT2D eigenvalue weighted by molar-refractivity contribution is 7.46. The Hall–Kier alpha value is -0.950. The molecule has 0 amide bonds. The molecule has 25 heavy (non-hydrogen) atoms. The lowest BCUT2D eigenvalue weighted by Gasteiger charge is -2.22. The van der Waals surface area contributed by atoms with Crippen molar-refractivity contribution in [2.75, 3.05) is 19.7 Å². The van der Waals surface area contributed by atoms with Gasteiger partial charge in [0.05, 0.1) is 13.2 Å². The summed E-state index contributed by atoms with van der Waals surface area (Å²) in [6, 6.07) is -0.949. The van der Waals surface area contributed by atoms with Crippen LogP contribution in [0.5, 0.6) is 0 Å². The number of ketones is 1. The van der Waals surface area contributed by atoms with Crippen LogP contribution >= 0.6 is 7.82 Å². The zero-order chi connectivity index (χ0) is 19.6. The molecule has 0 aromatic carbocycles. The molecule has 0 aliphatic heterocycles. The molecule has 0 radical (unpaired) electrons. The summed E-state index contributed by atoms with van der Waals surface area (Å²) in [4.78, 5) is 39.1. The number of unbranched alkanes of at least 4 members (excludes halogenated alkanes) is 1. The van der Waals surface area contributed by atoms with Crippen molar-refractivity contribution in [3.05, 3.63) is 0 Å². The molecule has 0 aliphatic rings. The summed E-state index contributed by atoms with van der Waals surface area (Å²) in [5.41, 5.74) is 5.31. The maximum atomic E-state index is 11.6. The fourth-order valence-corrected chi connectivity index (χ4v) is 2.07. The van der Waals surface area contributed by atoms with E-state index in [1.807, 2.05) is 0 Å². The molecule has 0 saturated carbocycles. The Bertz CT molecular complexity index is 471. The van der Waals surface area contributed by atoms with E-state index in [-0.39, 0.29) is 13.0 Å². The zero-order valence-electron chi connectivity index (χ0n) is 13.4. The van der Waals surface area contributed by atoms with E-state index in [9.17, 15) is 29.5 Å². The van der Waals surface area contributed by atoms with Gasteiger partial charge in [-0.15, -0.1) is 0 Å². The lowest BCUT2D eigenvalue weighted by atomic mass is 10.0. The third-order valence-corrected chi connectivity index (χ3v) is 3.68. The summed E-state index contributed by atoms with van der Waals surface area (Å²) in [6.07, 6.45) is -4.50. The van der Waals surface area contributed by atoms with Crippen LogP contribution in [0, 0.1) is 0 Å². The minimum atomic E-state index is -4.85. The van der Waals surface area contributed by atoms with Gasteiger partial charge in [-0.1, -0.05) is 6.42 Å². The molecule has 148 valence electrons. The van der Waals surface area contributed by atoms with Crippen LogP contribution in [0.4, 0.5) is 0 Å². The van der Waals surface area contributed by atoms with Crippen molar-refractivity contribution < 1.29 is 48.9 Å². The molecule has 12 nitrogen and oxygen atoms in total. The number of carbonyl (C=O) groups excluding carboxylic acids is 1. The second kappa shape index (κ2) is 11.6. The molecule has 0 saturated heterocycles. The number of carboxylic acid groups (broad SMARTS) is 1. The first-order valence-electron chi connectivity index (χ1n) is 7.41. The normalized spacial score (nSPS) is 16.9. The van der Waals surface area contributed by atoms with E-state index in [4.69, 9.17) is 20.6 Å². The topological polar surface area (TPSA) is 220 Å². The molecule has 4 atom stereocenters. The van der Waals surface area contributed by atoms with E-state index in [1.165, 1.54) is 0 Å². The minimum absolute atomic E-state index is 0.276. The molecule has 9 N–H and O–H groups in total. The number of phosphoric ester groups is 1.